The van der Waals surface area contributed by atoms with Gasteiger partial charge >= 0.3 is 0 Å². The van der Waals surface area contributed by atoms with Gasteiger partial charge in [0.05, 0.1) is 5.92 Å². The van der Waals surface area contributed by atoms with Gasteiger partial charge in [-0.05, 0) is 11.1 Å². The van der Waals surface area contributed by atoms with Crippen molar-refractivity contribution in [2.45, 2.75) is 5.92 Å². The van der Waals surface area contributed by atoms with Crippen LogP contribution in [0, 0.1) is 0 Å². The van der Waals surface area contributed by atoms with Crippen molar-refractivity contribution in [2.75, 3.05) is 11.2 Å². The van der Waals surface area contributed by atoms with Crippen molar-refractivity contribution < 1.29 is 4.79 Å². The Hall–Kier alpha value is -3.12. The molecule has 0 aliphatic heterocycles. The van der Waals surface area contributed by atoms with Gasteiger partial charge in [0.2, 0.25) is 5.91 Å². The van der Waals surface area contributed by atoms with Gasteiger partial charge in [0.1, 0.15) is 12.0 Å². The van der Waals surface area contributed by atoms with Crippen LogP contribution in [-0.4, -0.2) is 15.9 Å². The predicted molar refractivity (Wildman–Crippen MR) is 97.9 cm³/mol. The van der Waals surface area contributed by atoms with E-state index < -0.39 is 5.92 Å². The fourth-order valence-electron chi connectivity index (χ4n) is 2.45. The Morgan fingerprint density at radius 2 is 1.52 bits per heavy atom. The molecule has 7 heteroatoms. The first kappa shape index (κ1) is 16.7. The molecule has 6 nitrogen and oxygen atoms in total. The maximum atomic E-state index is 12.8. The number of benzene rings is 2. The van der Waals surface area contributed by atoms with Crippen molar-refractivity contribution in [1.82, 2.24) is 15.4 Å². The number of hydrogen-bond acceptors (Lipinski definition) is 5. The summed E-state index contributed by atoms with van der Waals surface area (Å²) in [6.45, 7) is 0. The third-order valence-corrected chi connectivity index (χ3v) is 3.97. The fourth-order valence-corrected chi connectivity index (χ4v) is 2.59. The summed E-state index contributed by atoms with van der Waals surface area (Å²) in [6.07, 6.45) is 1.26. The summed E-state index contributed by atoms with van der Waals surface area (Å²) in [7, 11) is 0. The van der Waals surface area contributed by atoms with Gasteiger partial charge in [-0.3, -0.25) is 15.6 Å². The molecule has 0 aliphatic rings. The first-order valence-corrected chi connectivity index (χ1v) is 7.96. The minimum Gasteiger partial charge on any atom is -0.393 e. The Balaban J connectivity index is 1.84. The lowest BCUT2D eigenvalue weighted by Gasteiger charge is -2.18. The van der Waals surface area contributed by atoms with Crippen LogP contribution in [0.5, 0.6) is 0 Å². The highest BCUT2D eigenvalue weighted by Crippen LogP contribution is 2.25. The van der Waals surface area contributed by atoms with Gasteiger partial charge in [-0.1, -0.05) is 72.3 Å². The number of nitrogen functional groups attached to an aromatic ring is 1. The molecular formula is C18H16ClN5O. The number of hydrazine groups is 1. The van der Waals surface area contributed by atoms with Crippen LogP contribution >= 0.6 is 11.6 Å². The Morgan fingerprint density at radius 1 is 0.960 bits per heavy atom. The molecule has 0 spiro atoms. The number of nitrogens with one attached hydrogen (secondary N) is 2. The van der Waals surface area contributed by atoms with Crippen LogP contribution < -0.4 is 16.6 Å². The highest BCUT2D eigenvalue weighted by Gasteiger charge is 2.22. The average molecular weight is 354 g/mol. The Bertz CT molecular complexity index is 818. The van der Waals surface area contributed by atoms with Crippen molar-refractivity contribution in [3.05, 3.63) is 83.3 Å². The molecule has 0 saturated carbocycles. The zero-order valence-electron chi connectivity index (χ0n) is 13.2. The minimum atomic E-state index is -0.478. The predicted octanol–water partition coefficient (Wildman–Crippen LogP) is 2.99. The molecule has 2 aromatic carbocycles. The summed E-state index contributed by atoms with van der Waals surface area (Å²) in [5.41, 5.74) is 13.1. The molecule has 0 bridgehead atoms. The van der Waals surface area contributed by atoms with E-state index in [1.54, 1.807) is 0 Å². The number of carbonyl (C=O) groups is 1. The van der Waals surface area contributed by atoms with Gasteiger partial charge in [0.15, 0.2) is 11.0 Å². The standard InChI is InChI=1S/C18H16ClN5O/c19-16-15(20)17(22-11-21-16)23-24-18(25)14(12-7-3-1-4-8-12)13-9-5-2-6-10-13/h1-11,14H,20H2,(H,24,25)(H,21,22,23). The number of hydrogen-bond donors (Lipinski definition) is 3. The molecule has 25 heavy (non-hydrogen) atoms. The van der Waals surface area contributed by atoms with Gasteiger partial charge in [0.25, 0.3) is 0 Å². The van der Waals surface area contributed by atoms with E-state index in [2.05, 4.69) is 20.8 Å². The van der Waals surface area contributed by atoms with Gasteiger partial charge in [-0.15, -0.1) is 0 Å². The number of carbonyl (C=O) groups excluding carboxylic acids is 1. The lowest BCUT2D eigenvalue weighted by Crippen LogP contribution is -2.35. The van der Waals surface area contributed by atoms with E-state index in [0.29, 0.717) is 0 Å². The molecule has 1 amide bonds. The van der Waals surface area contributed by atoms with E-state index in [4.69, 9.17) is 17.3 Å². The van der Waals surface area contributed by atoms with Crippen molar-refractivity contribution in [3.63, 3.8) is 0 Å². The number of rotatable bonds is 5. The Morgan fingerprint density at radius 3 is 2.08 bits per heavy atom. The van der Waals surface area contributed by atoms with E-state index in [9.17, 15) is 4.79 Å². The highest BCUT2D eigenvalue weighted by atomic mass is 35.5. The zero-order chi connectivity index (χ0) is 17.6. The second-order valence-corrected chi connectivity index (χ2v) is 5.65. The lowest BCUT2D eigenvalue weighted by atomic mass is 9.91. The molecular weight excluding hydrogens is 338 g/mol. The smallest absolute Gasteiger partial charge is 0.250 e. The Kier molecular flexibility index (Phi) is 5.11. The molecule has 3 aromatic rings. The molecule has 0 unspecified atom stereocenters. The van der Waals surface area contributed by atoms with Crippen LogP contribution in [0.1, 0.15) is 17.0 Å². The summed E-state index contributed by atoms with van der Waals surface area (Å²) in [5.74, 6) is -0.479. The maximum absolute atomic E-state index is 12.8. The number of halogens is 1. The van der Waals surface area contributed by atoms with Crippen molar-refractivity contribution in [1.29, 1.82) is 0 Å². The number of anilines is 2. The maximum Gasteiger partial charge on any atom is 0.250 e. The van der Waals surface area contributed by atoms with E-state index >= 15 is 0 Å². The van der Waals surface area contributed by atoms with Crippen LogP contribution in [0.3, 0.4) is 0 Å². The average Bonchev–Trinajstić information content (AvgIpc) is 2.65. The Labute approximate surface area is 150 Å². The van der Waals surface area contributed by atoms with Crippen molar-refractivity contribution in [2.24, 2.45) is 0 Å². The van der Waals surface area contributed by atoms with Gasteiger partial charge < -0.3 is 5.73 Å². The van der Waals surface area contributed by atoms with E-state index in [1.807, 2.05) is 60.7 Å². The molecule has 1 heterocycles. The summed E-state index contributed by atoms with van der Waals surface area (Å²) in [4.78, 5) is 20.6. The summed E-state index contributed by atoms with van der Waals surface area (Å²) >= 11 is 5.85. The van der Waals surface area contributed by atoms with Gasteiger partial charge in [-0.2, -0.15) is 0 Å². The molecule has 0 fully saturated rings. The first-order chi connectivity index (χ1) is 12.2. The summed E-state index contributed by atoms with van der Waals surface area (Å²) in [6, 6.07) is 19.0. The molecule has 4 N–H and O–H groups in total. The normalized spacial score (nSPS) is 10.5. The molecule has 0 atom stereocenters. The van der Waals surface area contributed by atoms with Crippen LogP contribution in [0.15, 0.2) is 67.0 Å². The first-order valence-electron chi connectivity index (χ1n) is 7.58. The fraction of sp³-hybridized carbons (Fsp3) is 0.0556. The molecule has 0 aliphatic carbocycles. The SMILES string of the molecule is Nc1c(Cl)ncnc1NNC(=O)C(c1ccccc1)c1ccccc1. The number of aromatic nitrogens is 2. The van der Waals surface area contributed by atoms with E-state index in [1.165, 1.54) is 6.33 Å². The second kappa shape index (κ2) is 7.63. The quantitative estimate of drug-likeness (QED) is 0.484. The number of amides is 1. The zero-order valence-corrected chi connectivity index (χ0v) is 13.9. The number of nitrogens with two attached hydrogens (primary N) is 1. The topological polar surface area (TPSA) is 92.9 Å². The second-order valence-electron chi connectivity index (χ2n) is 5.30. The summed E-state index contributed by atoms with van der Waals surface area (Å²) < 4.78 is 0. The minimum absolute atomic E-state index is 0.120. The highest BCUT2D eigenvalue weighted by molar-refractivity contribution is 6.32. The third kappa shape index (κ3) is 3.87. The van der Waals surface area contributed by atoms with Crippen LogP contribution in [0.2, 0.25) is 5.15 Å². The molecule has 0 saturated heterocycles. The third-order valence-electron chi connectivity index (χ3n) is 3.67. The van der Waals surface area contributed by atoms with Crippen LogP contribution in [0.25, 0.3) is 0 Å². The van der Waals surface area contributed by atoms with Crippen LogP contribution in [0.4, 0.5) is 11.5 Å². The van der Waals surface area contributed by atoms with Gasteiger partial charge in [-0.25, -0.2) is 9.97 Å². The molecule has 0 radical (unpaired) electrons. The molecule has 3 rings (SSSR count). The van der Waals surface area contributed by atoms with Crippen molar-refractivity contribution in [3.8, 4) is 0 Å². The van der Waals surface area contributed by atoms with Crippen LogP contribution in [-0.2, 0) is 4.79 Å². The van der Waals surface area contributed by atoms with E-state index in [0.717, 1.165) is 11.1 Å². The lowest BCUT2D eigenvalue weighted by molar-refractivity contribution is -0.121. The largest absolute Gasteiger partial charge is 0.393 e. The molecule has 126 valence electrons. The number of nitrogens with zero attached hydrogens (tertiary/aromatic N) is 2. The van der Waals surface area contributed by atoms with Crippen molar-refractivity contribution >= 4 is 29.0 Å². The molecule has 1 aromatic heterocycles. The monoisotopic (exact) mass is 353 g/mol. The van der Waals surface area contributed by atoms with Gasteiger partial charge in [0, 0.05) is 0 Å². The summed E-state index contributed by atoms with van der Waals surface area (Å²) in [5, 5.41) is 0.120. The van der Waals surface area contributed by atoms with E-state index in [-0.39, 0.29) is 22.6 Å².